The second-order valence-corrected chi connectivity index (χ2v) is 8.82. The summed E-state index contributed by atoms with van der Waals surface area (Å²) in [5, 5.41) is 22.9. The highest BCUT2D eigenvalue weighted by atomic mass is 32.2. The van der Waals surface area contributed by atoms with E-state index in [0.717, 1.165) is 24.1 Å². The summed E-state index contributed by atoms with van der Waals surface area (Å²) in [5.74, 6) is 1.22. The molecule has 1 saturated carbocycles. The number of carbonyl (C=O) groups excluding carboxylic acids is 1. The SMILES string of the molecule is CCCN(Cc1nnc(-c2cccs2)o1)C(=O)CSc1nnnn1C1CCCC1. The first kappa shape index (κ1) is 20.0. The van der Waals surface area contributed by atoms with Crippen molar-refractivity contribution in [2.24, 2.45) is 0 Å². The molecule has 3 aromatic heterocycles. The number of thioether (sulfide) groups is 1. The molecule has 0 bridgehead atoms. The molecule has 3 heterocycles. The Hall–Kier alpha value is -2.27. The smallest absolute Gasteiger partial charge is 0.257 e. The summed E-state index contributed by atoms with van der Waals surface area (Å²) in [6.45, 7) is 2.97. The molecule has 1 amide bonds. The van der Waals surface area contributed by atoms with E-state index >= 15 is 0 Å². The van der Waals surface area contributed by atoms with E-state index in [9.17, 15) is 4.79 Å². The zero-order valence-electron chi connectivity index (χ0n) is 16.2. The van der Waals surface area contributed by atoms with E-state index in [-0.39, 0.29) is 11.7 Å². The van der Waals surface area contributed by atoms with Gasteiger partial charge in [0.05, 0.1) is 23.2 Å². The molecule has 3 aromatic rings. The van der Waals surface area contributed by atoms with Crippen LogP contribution in [0.15, 0.2) is 27.1 Å². The maximum Gasteiger partial charge on any atom is 0.257 e. The van der Waals surface area contributed by atoms with Gasteiger partial charge in [-0.2, -0.15) is 0 Å². The highest BCUT2D eigenvalue weighted by Crippen LogP contribution is 2.31. The van der Waals surface area contributed by atoms with Crippen LogP contribution < -0.4 is 0 Å². The van der Waals surface area contributed by atoms with E-state index in [1.165, 1.54) is 24.6 Å². The largest absolute Gasteiger partial charge is 0.418 e. The summed E-state index contributed by atoms with van der Waals surface area (Å²) in [4.78, 5) is 15.5. The van der Waals surface area contributed by atoms with Gasteiger partial charge in [-0.3, -0.25) is 4.79 Å². The fraction of sp³-hybridized carbons (Fsp3) is 0.556. The lowest BCUT2D eigenvalue weighted by atomic mass is 10.3. The van der Waals surface area contributed by atoms with E-state index in [1.807, 2.05) is 29.1 Å². The molecule has 0 spiro atoms. The summed E-state index contributed by atoms with van der Waals surface area (Å²) >= 11 is 2.93. The lowest BCUT2D eigenvalue weighted by Gasteiger charge is -2.20. The van der Waals surface area contributed by atoms with Crippen molar-refractivity contribution in [3.8, 4) is 10.8 Å². The van der Waals surface area contributed by atoms with Crippen LogP contribution in [-0.4, -0.2) is 53.5 Å². The lowest BCUT2D eigenvalue weighted by Crippen LogP contribution is -2.33. The standard InChI is InChI=1S/C18H23N7O2S2/c1-2-9-24(11-15-19-20-17(27-15)14-8-5-10-28-14)16(26)12-29-18-21-22-23-25(18)13-6-3-4-7-13/h5,8,10,13H,2-4,6-7,9,11-12H2,1H3. The number of nitrogens with zero attached hydrogens (tertiary/aromatic N) is 7. The van der Waals surface area contributed by atoms with Crippen molar-refractivity contribution >= 4 is 29.0 Å². The van der Waals surface area contributed by atoms with Crippen molar-refractivity contribution in [3.63, 3.8) is 0 Å². The molecule has 0 aromatic carbocycles. The minimum absolute atomic E-state index is 0.00805. The number of amides is 1. The van der Waals surface area contributed by atoms with Crippen LogP contribution in [0.1, 0.15) is 51.0 Å². The Balaban J connectivity index is 1.37. The molecular formula is C18H23N7O2S2. The molecule has 0 radical (unpaired) electrons. The fourth-order valence-electron chi connectivity index (χ4n) is 3.42. The number of tetrazole rings is 1. The summed E-state index contributed by atoms with van der Waals surface area (Å²) in [6.07, 6.45) is 5.45. The van der Waals surface area contributed by atoms with Gasteiger partial charge in [-0.15, -0.1) is 26.6 Å². The number of hydrogen-bond acceptors (Lipinski definition) is 9. The predicted molar refractivity (Wildman–Crippen MR) is 109 cm³/mol. The topological polar surface area (TPSA) is 103 Å². The van der Waals surface area contributed by atoms with E-state index in [1.54, 1.807) is 16.2 Å². The number of carbonyl (C=O) groups is 1. The first-order chi connectivity index (χ1) is 14.2. The van der Waals surface area contributed by atoms with Crippen LogP contribution in [0.2, 0.25) is 0 Å². The van der Waals surface area contributed by atoms with Gasteiger partial charge < -0.3 is 9.32 Å². The number of thiophene rings is 1. The third-order valence-electron chi connectivity index (χ3n) is 4.83. The zero-order chi connectivity index (χ0) is 20.1. The Kier molecular flexibility index (Phi) is 6.55. The van der Waals surface area contributed by atoms with Gasteiger partial charge in [0.25, 0.3) is 5.89 Å². The van der Waals surface area contributed by atoms with Crippen molar-refractivity contribution in [2.45, 2.75) is 56.8 Å². The van der Waals surface area contributed by atoms with Gasteiger partial charge in [0.1, 0.15) is 0 Å². The first-order valence-electron chi connectivity index (χ1n) is 9.79. The van der Waals surface area contributed by atoms with Crippen LogP contribution >= 0.6 is 23.1 Å². The maximum atomic E-state index is 12.8. The second-order valence-electron chi connectivity index (χ2n) is 6.93. The van der Waals surface area contributed by atoms with Crippen molar-refractivity contribution in [1.29, 1.82) is 0 Å². The summed E-state index contributed by atoms with van der Waals surface area (Å²) in [6, 6.07) is 4.22. The molecule has 9 nitrogen and oxygen atoms in total. The van der Waals surface area contributed by atoms with Crippen molar-refractivity contribution in [1.82, 2.24) is 35.3 Å². The van der Waals surface area contributed by atoms with Crippen LogP contribution in [0.5, 0.6) is 0 Å². The van der Waals surface area contributed by atoms with Gasteiger partial charge in [0, 0.05) is 6.54 Å². The van der Waals surface area contributed by atoms with E-state index in [2.05, 4.69) is 25.7 Å². The second kappa shape index (κ2) is 9.49. The zero-order valence-corrected chi connectivity index (χ0v) is 17.9. The molecule has 0 atom stereocenters. The maximum absolute atomic E-state index is 12.8. The average molecular weight is 434 g/mol. The van der Waals surface area contributed by atoms with E-state index < -0.39 is 0 Å². The van der Waals surface area contributed by atoms with Crippen LogP contribution in [0.3, 0.4) is 0 Å². The van der Waals surface area contributed by atoms with Gasteiger partial charge >= 0.3 is 0 Å². The summed E-state index contributed by atoms with van der Waals surface area (Å²) < 4.78 is 7.62. The quantitative estimate of drug-likeness (QED) is 0.473. The molecule has 0 aliphatic heterocycles. The van der Waals surface area contributed by atoms with Crippen LogP contribution in [0, 0.1) is 0 Å². The Bertz CT molecular complexity index is 918. The van der Waals surface area contributed by atoms with Gasteiger partial charge in [-0.25, -0.2) is 4.68 Å². The molecular weight excluding hydrogens is 410 g/mol. The monoisotopic (exact) mass is 433 g/mol. The van der Waals surface area contributed by atoms with Gasteiger partial charge in [0.15, 0.2) is 0 Å². The molecule has 29 heavy (non-hydrogen) atoms. The van der Waals surface area contributed by atoms with Crippen LogP contribution in [0.4, 0.5) is 0 Å². The van der Waals surface area contributed by atoms with Crippen molar-refractivity contribution < 1.29 is 9.21 Å². The molecule has 1 fully saturated rings. The minimum Gasteiger partial charge on any atom is -0.418 e. The van der Waals surface area contributed by atoms with Crippen LogP contribution in [0.25, 0.3) is 10.8 Å². The molecule has 11 heteroatoms. The lowest BCUT2D eigenvalue weighted by molar-refractivity contribution is -0.129. The highest BCUT2D eigenvalue weighted by molar-refractivity contribution is 7.99. The normalized spacial score (nSPS) is 14.5. The molecule has 1 aliphatic carbocycles. The van der Waals surface area contributed by atoms with E-state index in [4.69, 9.17) is 4.42 Å². The Morgan fingerprint density at radius 3 is 2.97 bits per heavy atom. The van der Waals surface area contributed by atoms with Gasteiger partial charge in [-0.05, 0) is 41.1 Å². The van der Waals surface area contributed by atoms with Gasteiger partial charge in [0.2, 0.25) is 17.0 Å². The highest BCUT2D eigenvalue weighted by Gasteiger charge is 2.23. The van der Waals surface area contributed by atoms with Crippen LogP contribution in [-0.2, 0) is 11.3 Å². The molecule has 0 N–H and O–H groups in total. The molecule has 4 rings (SSSR count). The third-order valence-corrected chi connectivity index (χ3v) is 6.61. The molecule has 1 aliphatic rings. The number of hydrogen-bond donors (Lipinski definition) is 0. The van der Waals surface area contributed by atoms with E-state index in [0.29, 0.717) is 36.1 Å². The van der Waals surface area contributed by atoms with Crippen molar-refractivity contribution in [2.75, 3.05) is 12.3 Å². The minimum atomic E-state index is 0.00805. The Morgan fingerprint density at radius 2 is 2.21 bits per heavy atom. The van der Waals surface area contributed by atoms with Crippen molar-refractivity contribution in [3.05, 3.63) is 23.4 Å². The number of rotatable bonds is 9. The third kappa shape index (κ3) is 4.84. The fourth-order valence-corrected chi connectivity index (χ4v) is 4.91. The molecule has 0 saturated heterocycles. The number of aromatic nitrogens is 6. The molecule has 154 valence electrons. The summed E-state index contributed by atoms with van der Waals surface area (Å²) in [5.41, 5.74) is 0. The Morgan fingerprint density at radius 1 is 1.34 bits per heavy atom. The summed E-state index contributed by atoms with van der Waals surface area (Å²) in [7, 11) is 0. The van der Waals surface area contributed by atoms with Gasteiger partial charge in [-0.1, -0.05) is 37.6 Å². The molecule has 0 unspecified atom stereocenters. The first-order valence-corrected chi connectivity index (χ1v) is 11.7. The average Bonchev–Trinajstić information content (AvgIpc) is 3.52. The Labute approximate surface area is 176 Å². The predicted octanol–water partition coefficient (Wildman–Crippen LogP) is 3.43.